The maximum atomic E-state index is 12.0. The number of methoxy groups -OCH3 is 1. The first-order valence-electron chi connectivity index (χ1n) is 7.86. The lowest BCUT2D eigenvalue weighted by atomic mass is 10.0. The summed E-state index contributed by atoms with van der Waals surface area (Å²) in [4.78, 5) is 27.4. The van der Waals surface area contributed by atoms with Crippen molar-refractivity contribution in [1.82, 2.24) is 0 Å². The quantitative estimate of drug-likeness (QED) is 0.448. The van der Waals surface area contributed by atoms with Crippen LogP contribution < -0.4 is 4.74 Å². The number of carbonyl (C=O) groups is 1. The Morgan fingerprint density at radius 3 is 2.69 bits per heavy atom. The molecule has 2 aromatic carbocycles. The van der Waals surface area contributed by atoms with Crippen LogP contribution >= 0.6 is 0 Å². The summed E-state index contributed by atoms with van der Waals surface area (Å²) in [6.07, 6.45) is 0.0883. The van der Waals surface area contributed by atoms with E-state index >= 15 is 0 Å². The van der Waals surface area contributed by atoms with Crippen LogP contribution in [0.2, 0.25) is 0 Å². The molecule has 0 unspecified atom stereocenters. The maximum absolute atomic E-state index is 12.0. The highest BCUT2D eigenvalue weighted by Crippen LogP contribution is 2.24. The average Bonchev–Trinajstić information content (AvgIpc) is 3.15. The molecule has 0 bridgehead atoms. The zero-order chi connectivity index (χ0) is 18.5. The number of esters is 1. The first-order chi connectivity index (χ1) is 12.6. The average molecular weight is 356 g/mol. The van der Waals surface area contributed by atoms with Crippen LogP contribution in [0.4, 0.5) is 5.69 Å². The van der Waals surface area contributed by atoms with E-state index in [9.17, 15) is 14.9 Å². The fourth-order valence-electron chi connectivity index (χ4n) is 2.53. The Kier molecular flexibility index (Phi) is 5.12. The highest BCUT2D eigenvalue weighted by molar-refractivity contribution is 6.03. The number of oxime groups is 1. The van der Waals surface area contributed by atoms with Crippen molar-refractivity contribution in [3.05, 3.63) is 69.8 Å². The first-order valence-corrected chi connectivity index (χ1v) is 7.86. The number of nitrogens with zero attached hydrogens (tertiary/aromatic N) is 2. The zero-order valence-electron chi connectivity index (χ0n) is 14.0. The number of nitro groups is 1. The summed E-state index contributed by atoms with van der Waals surface area (Å²) in [5, 5.41) is 14.7. The second-order valence-electron chi connectivity index (χ2n) is 5.57. The molecular weight excluding hydrogens is 340 g/mol. The van der Waals surface area contributed by atoms with Gasteiger partial charge in [0.25, 0.3) is 5.69 Å². The van der Waals surface area contributed by atoms with Gasteiger partial charge in [0.1, 0.15) is 12.4 Å². The van der Waals surface area contributed by atoms with Crippen molar-refractivity contribution in [3.63, 3.8) is 0 Å². The van der Waals surface area contributed by atoms with Crippen molar-refractivity contribution in [3.8, 4) is 5.75 Å². The topological polar surface area (TPSA) is 100 Å². The van der Waals surface area contributed by atoms with Gasteiger partial charge in [0.05, 0.1) is 23.3 Å². The summed E-state index contributed by atoms with van der Waals surface area (Å²) in [6, 6.07) is 12.7. The van der Waals surface area contributed by atoms with E-state index in [0.717, 1.165) is 11.3 Å². The Bertz CT molecular complexity index is 847. The number of carbonyl (C=O) groups excluding carboxylic acids is 1. The Hall–Kier alpha value is -3.42. The molecule has 0 aliphatic carbocycles. The van der Waals surface area contributed by atoms with Gasteiger partial charge in [0, 0.05) is 24.1 Å². The lowest BCUT2D eigenvalue weighted by molar-refractivity contribution is -0.384. The molecule has 1 atom stereocenters. The molecule has 8 heteroatoms. The minimum Gasteiger partial charge on any atom is -0.496 e. The van der Waals surface area contributed by atoms with Gasteiger partial charge in [-0.1, -0.05) is 17.3 Å². The van der Waals surface area contributed by atoms with Crippen LogP contribution in [-0.4, -0.2) is 36.4 Å². The van der Waals surface area contributed by atoms with E-state index in [1.54, 1.807) is 7.11 Å². The van der Waals surface area contributed by atoms with Crippen LogP contribution in [0.1, 0.15) is 22.3 Å². The lowest BCUT2D eigenvalue weighted by Gasteiger charge is -2.10. The van der Waals surface area contributed by atoms with Gasteiger partial charge in [0.2, 0.25) is 0 Å². The molecule has 26 heavy (non-hydrogen) atoms. The van der Waals surface area contributed by atoms with Gasteiger partial charge in [-0.2, -0.15) is 0 Å². The normalized spacial score (nSPS) is 15.7. The third-order valence-corrected chi connectivity index (χ3v) is 3.87. The smallest absolute Gasteiger partial charge is 0.338 e. The van der Waals surface area contributed by atoms with E-state index in [1.165, 1.54) is 24.3 Å². The molecule has 1 heterocycles. The highest BCUT2D eigenvalue weighted by Gasteiger charge is 2.25. The van der Waals surface area contributed by atoms with Gasteiger partial charge in [-0.3, -0.25) is 10.1 Å². The number of benzene rings is 2. The van der Waals surface area contributed by atoms with Crippen molar-refractivity contribution in [1.29, 1.82) is 0 Å². The zero-order valence-corrected chi connectivity index (χ0v) is 14.0. The van der Waals surface area contributed by atoms with E-state index in [-0.39, 0.29) is 17.9 Å². The first kappa shape index (κ1) is 17.4. The van der Waals surface area contributed by atoms with Crippen molar-refractivity contribution in [2.45, 2.75) is 12.5 Å². The van der Waals surface area contributed by atoms with E-state index in [4.69, 9.17) is 14.3 Å². The van der Waals surface area contributed by atoms with Crippen LogP contribution in [0.25, 0.3) is 0 Å². The Labute approximate surface area is 149 Å². The Morgan fingerprint density at radius 1 is 1.27 bits per heavy atom. The second kappa shape index (κ2) is 7.64. The van der Waals surface area contributed by atoms with Crippen molar-refractivity contribution < 1.29 is 24.0 Å². The lowest BCUT2D eigenvalue weighted by Crippen LogP contribution is -2.19. The van der Waals surface area contributed by atoms with Crippen molar-refractivity contribution in [2.75, 3.05) is 13.7 Å². The second-order valence-corrected chi connectivity index (χ2v) is 5.57. The van der Waals surface area contributed by atoms with Crippen molar-refractivity contribution in [2.24, 2.45) is 5.16 Å². The fourth-order valence-corrected chi connectivity index (χ4v) is 2.53. The molecule has 8 nitrogen and oxygen atoms in total. The number of para-hydroxylation sites is 1. The molecule has 0 aromatic heterocycles. The molecule has 0 saturated carbocycles. The van der Waals surface area contributed by atoms with Gasteiger partial charge in [0.15, 0.2) is 6.10 Å². The SMILES string of the molecule is COc1ccccc1C1=NO[C@@H](COC(=O)c2ccc([N+](=O)[O-])cc2)C1. The monoisotopic (exact) mass is 356 g/mol. The molecule has 1 aliphatic rings. The molecule has 0 saturated heterocycles. The van der Waals surface area contributed by atoms with Gasteiger partial charge in [-0.25, -0.2) is 4.79 Å². The van der Waals surface area contributed by atoms with Crippen molar-refractivity contribution >= 4 is 17.4 Å². The van der Waals surface area contributed by atoms with Gasteiger partial charge in [-0.15, -0.1) is 0 Å². The number of rotatable bonds is 6. The molecule has 0 fully saturated rings. The highest BCUT2D eigenvalue weighted by atomic mass is 16.7. The summed E-state index contributed by atoms with van der Waals surface area (Å²) in [5.74, 6) is 0.118. The fraction of sp³-hybridized carbons (Fsp3) is 0.222. The van der Waals surface area contributed by atoms with E-state index in [1.807, 2.05) is 24.3 Å². The number of ether oxygens (including phenoxy) is 2. The molecule has 134 valence electrons. The van der Waals surface area contributed by atoms with E-state index < -0.39 is 17.0 Å². The molecule has 0 spiro atoms. The molecule has 0 N–H and O–H groups in total. The molecule has 3 rings (SSSR count). The van der Waals surface area contributed by atoms with Crippen LogP contribution in [0.3, 0.4) is 0 Å². The molecule has 1 aliphatic heterocycles. The number of non-ortho nitro benzene ring substituents is 1. The standard InChI is InChI=1S/C18H16N2O6/c1-24-17-5-3-2-4-15(17)16-10-14(26-19-16)11-25-18(21)12-6-8-13(9-7-12)20(22)23/h2-9,14H,10-11H2,1H3/t14-/m1/s1. The van der Waals surface area contributed by atoms with Gasteiger partial charge in [-0.05, 0) is 24.3 Å². The summed E-state index contributed by atoms with van der Waals surface area (Å²) < 4.78 is 10.5. The Balaban J connectivity index is 1.55. The minimum absolute atomic E-state index is 0.0258. The maximum Gasteiger partial charge on any atom is 0.338 e. The van der Waals surface area contributed by atoms with E-state index in [0.29, 0.717) is 12.2 Å². The number of hydrogen-bond acceptors (Lipinski definition) is 7. The third kappa shape index (κ3) is 3.80. The Morgan fingerprint density at radius 2 is 2.00 bits per heavy atom. The predicted molar refractivity (Wildman–Crippen MR) is 92.4 cm³/mol. The molecule has 0 amide bonds. The minimum atomic E-state index is -0.575. The summed E-state index contributed by atoms with van der Waals surface area (Å²) in [7, 11) is 1.58. The third-order valence-electron chi connectivity index (χ3n) is 3.87. The van der Waals surface area contributed by atoms with Crippen LogP contribution in [0.15, 0.2) is 53.7 Å². The predicted octanol–water partition coefficient (Wildman–Crippen LogP) is 2.95. The number of nitro benzene ring substituents is 1. The van der Waals surface area contributed by atoms with Crippen LogP contribution in [0, 0.1) is 10.1 Å². The van der Waals surface area contributed by atoms with Gasteiger partial charge >= 0.3 is 5.97 Å². The van der Waals surface area contributed by atoms with Crippen LogP contribution in [-0.2, 0) is 9.57 Å². The molecular formula is C18H16N2O6. The van der Waals surface area contributed by atoms with Crippen LogP contribution in [0.5, 0.6) is 5.75 Å². The van der Waals surface area contributed by atoms with Gasteiger partial charge < -0.3 is 14.3 Å². The largest absolute Gasteiger partial charge is 0.496 e. The molecule has 2 aromatic rings. The number of hydrogen-bond donors (Lipinski definition) is 0. The molecule has 0 radical (unpaired) electrons. The van der Waals surface area contributed by atoms with E-state index in [2.05, 4.69) is 5.16 Å². The summed E-state index contributed by atoms with van der Waals surface area (Å²) in [5.41, 5.74) is 1.70. The summed E-state index contributed by atoms with van der Waals surface area (Å²) >= 11 is 0. The summed E-state index contributed by atoms with van der Waals surface area (Å²) in [6.45, 7) is 0.0258.